The van der Waals surface area contributed by atoms with Gasteiger partial charge in [-0.2, -0.15) is 5.10 Å². The molecule has 1 aliphatic heterocycles. The van der Waals surface area contributed by atoms with Crippen LogP contribution in [0.15, 0.2) is 0 Å². The molecule has 1 aromatic rings. The molecule has 18 heavy (non-hydrogen) atoms. The molecule has 0 aromatic carbocycles. The van der Waals surface area contributed by atoms with E-state index < -0.39 is 0 Å². The number of hydrogen-bond donors (Lipinski definition) is 0. The molecule has 1 aliphatic rings. The number of aromatic nitrogens is 2. The van der Waals surface area contributed by atoms with Gasteiger partial charge in [-0.25, -0.2) is 0 Å². The number of rotatable bonds is 2. The van der Waals surface area contributed by atoms with Crippen molar-refractivity contribution in [1.82, 2.24) is 19.6 Å². The highest BCUT2D eigenvalue weighted by Gasteiger charge is 2.27. The molecule has 2 unspecified atom stereocenters. The van der Waals surface area contributed by atoms with E-state index in [1.165, 1.54) is 5.56 Å². The quantitative estimate of drug-likeness (QED) is 0.821. The number of aryl methyl sites for hydroxylation is 2. The van der Waals surface area contributed by atoms with E-state index in [0.717, 1.165) is 30.5 Å². The number of nitrogens with zero attached hydrogens (tertiary/aromatic N) is 4. The van der Waals surface area contributed by atoms with Crippen LogP contribution in [0, 0.1) is 6.92 Å². The standard InChI is InChI=1S/C13H23ClN4/c1-9-6-18(7-10(2)16(9)4)8-12-11(3)15-17(5)13(12)14/h9-10H,6-8H2,1-5H3. The molecule has 2 rings (SSSR count). The molecule has 102 valence electrons. The molecule has 1 fully saturated rings. The van der Waals surface area contributed by atoms with Crippen molar-refractivity contribution in [3.63, 3.8) is 0 Å². The lowest BCUT2D eigenvalue weighted by Gasteiger charge is -2.42. The van der Waals surface area contributed by atoms with Gasteiger partial charge in [0.25, 0.3) is 0 Å². The number of hydrogen-bond acceptors (Lipinski definition) is 3. The van der Waals surface area contributed by atoms with Gasteiger partial charge in [-0.1, -0.05) is 11.6 Å². The van der Waals surface area contributed by atoms with Crippen LogP contribution >= 0.6 is 11.6 Å². The summed E-state index contributed by atoms with van der Waals surface area (Å²) in [5.41, 5.74) is 2.21. The summed E-state index contributed by atoms with van der Waals surface area (Å²) in [7, 11) is 4.10. The van der Waals surface area contributed by atoms with E-state index in [1.54, 1.807) is 4.68 Å². The lowest BCUT2D eigenvalue weighted by Crippen LogP contribution is -2.54. The molecule has 5 heteroatoms. The fraction of sp³-hybridized carbons (Fsp3) is 0.769. The van der Waals surface area contributed by atoms with Crippen molar-refractivity contribution in [2.75, 3.05) is 20.1 Å². The van der Waals surface area contributed by atoms with Crippen LogP contribution in [0.25, 0.3) is 0 Å². The smallest absolute Gasteiger partial charge is 0.131 e. The lowest BCUT2D eigenvalue weighted by molar-refractivity contribution is 0.0555. The molecule has 0 radical (unpaired) electrons. The highest BCUT2D eigenvalue weighted by atomic mass is 35.5. The van der Waals surface area contributed by atoms with Crippen LogP contribution < -0.4 is 0 Å². The predicted octanol–water partition coefficient (Wildman–Crippen LogP) is 1.91. The molecular formula is C13H23ClN4. The van der Waals surface area contributed by atoms with Crippen LogP contribution in [0.1, 0.15) is 25.1 Å². The zero-order valence-electron chi connectivity index (χ0n) is 11.9. The van der Waals surface area contributed by atoms with Crippen LogP contribution in [0.2, 0.25) is 5.15 Å². The predicted molar refractivity (Wildman–Crippen MR) is 74.9 cm³/mol. The van der Waals surface area contributed by atoms with Crippen LogP contribution in [0.3, 0.4) is 0 Å². The molecule has 0 spiro atoms. The van der Waals surface area contributed by atoms with Gasteiger partial charge in [-0.15, -0.1) is 0 Å². The second-order valence-electron chi connectivity index (χ2n) is 5.54. The molecule has 0 bridgehead atoms. The Bertz CT molecular complexity index is 417. The largest absolute Gasteiger partial charge is 0.298 e. The monoisotopic (exact) mass is 270 g/mol. The van der Waals surface area contributed by atoms with Gasteiger partial charge in [-0.05, 0) is 27.8 Å². The van der Waals surface area contributed by atoms with Gasteiger partial charge >= 0.3 is 0 Å². The summed E-state index contributed by atoms with van der Waals surface area (Å²) in [6.07, 6.45) is 0. The fourth-order valence-corrected chi connectivity index (χ4v) is 2.95. The van der Waals surface area contributed by atoms with E-state index in [-0.39, 0.29) is 0 Å². The number of piperazine rings is 1. The minimum atomic E-state index is 0.588. The van der Waals surface area contributed by atoms with Crippen LogP contribution in [0.4, 0.5) is 0 Å². The Hall–Kier alpha value is -0.580. The summed E-state index contributed by atoms with van der Waals surface area (Å²) in [6.45, 7) is 9.67. The van der Waals surface area contributed by atoms with E-state index in [9.17, 15) is 0 Å². The van der Waals surface area contributed by atoms with Crippen molar-refractivity contribution in [3.05, 3.63) is 16.4 Å². The molecule has 4 nitrogen and oxygen atoms in total. The van der Waals surface area contributed by atoms with E-state index in [2.05, 4.69) is 35.8 Å². The average Bonchev–Trinajstić information content (AvgIpc) is 2.53. The van der Waals surface area contributed by atoms with Gasteiger partial charge in [0.05, 0.1) is 5.69 Å². The maximum Gasteiger partial charge on any atom is 0.131 e. The summed E-state index contributed by atoms with van der Waals surface area (Å²) in [4.78, 5) is 4.92. The first-order valence-electron chi connectivity index (χ1n) is 6.52. The maximum absolute atomic E-state index is 6.30. The minimum absolute atomic E-state index is 0.588. The summed E-state index contributed by atoms with van der Waals surface area (Å²) in [5.74, 6) is 0. The third-order valence-corrected chi connectivity index (χ3v) is 4.56. The second kappa shape index (κ2) is 5.19. The van der Waals surface area contributed by atoms with Gasteiger partial charge < -0.3 is 0 Å². The Morgan fingerprint density at radius 3 is 2.22 bits per heavy atom. The molecule has 0 aliphatic carbocycles. The molecule has 0 N–H and O–H groups in total. The second-order valence-corrected chi connectivity index (χ2v) is 5.89. The Morgan fingerprint density at radius 2 is 1.78 bits per heavy atom. The maximum atomic E-state index is 6.30. The third-order valence-electron chi connectivity index (χ3n) is 4.09. The molecule has 2 heterocycles. The van der Waals surface area contributed by atoms with E-state index in [1.807, 2.05) is 14.0 Å². The fourth-order valence-electron chi connectivity index (χ4n) is 2.72. The normalized spacial score (nSPS) is 26.8. The molecular weight excluding hydrogens is 248 g/mol. The number of halogens is 1. The number of likely N-dealkylation sites (N-methyl/N-ethyl adjacent to an activating group) is 1. The Morgan fingerprint density at radius 1 is 1.22 bits per heavy atom. The van der Waals surface area contributed by atoms with Gasteiger partial charge in [0.1, 0.15) is 5.15 Å². The van der Waals surface area contributed by atoms with Crippen molar-refractivity contribution < 1.29 is 0 Å². The van der Waals surface area contributed by atoms with Gasteiger partial charge in [0, 0.05) is 44.3 Å². The first-order valence-corrected chi connectivity index (χ1v) is 6.90. The zero-order chi connectivity index (χ0) is 13.4. The van der Waals surface area contributed by atoms with Crippen LogP contribution in [0.5, 0.6) is 0 Å². The van der Waals surface area contributed by atoms with Crippen molar-refractivity contribution in [2.24, 2.45) is 7.05 Å². The van der Waals surface area contributed by atoms with Crippen molar-refractivity contribution in [2.45, 2.75) is 39.4 Å². The highest BCUT2D eigenvalue weighted by molar-refractivity contribution is 6.30. The summed E-state index contributed by atoms with van der Waals surface area (Å²) >= 11 is 6.30. The minimum Gasteiger partial charge on any atom is -0.298 e. The van der Waals surface area contributed by atoms with Crippen molar-refractivity contribution in [3.8, 4) is 0 Å². The third kappa shape index (κ3) is 2.56. The molecule has 2 atom stereocenters. The average molecular weight is 271 g/mol. The van der Waals surface area contributed by atoms with Crippen molar-refractivity contribution >= 4 is 11.6 Å². The topological polar surface area (TPSA) is 24.3 Å². The van der Waals surface area contributed by atoms with E-state index in [0.29, 0.717) is 12.1 Å². The Balaban J connectivity index is 2.10. The molecule has 1 aromatic heterocycles. The summed E-state index contributed by atoms with van der Waals surface area (Å²) in [5, 5.41) is 5.15. The van der Waals surface area contributed by atoms with Gasteiger partial charge in [-0.3, -0.25) is 14.5 Å². The molecule has 1 saturated heterocycles. The zero-order valence-corrected chi connectivity index (χ0v) is 12.7. The van der Waals surface area contributed by atoms with E-state index in [4.69, 9.17) is 11.6 Å². The summed E-state index contributed by atoms with van der Waals surface area (Å²) < 4.78 is 1.76. The van der Waals surface area contributed by atoms with Crippen molar-refractivity contribution in [1.29, 1.82) is 0 Å². The van der Waals surface area contributed by atoms with Gasteiger partial charge in [0.2, 0.25) is 0 Å². The Labute approximate surface area is 115 Å². The highest BCUT2D eigenvalue weighted by Crippen LogP contribution is 2.23. The summed E-state index contributed by atoms with van der Waals surface area (Å²) in [6, 6.07) is 1.18. The van der Waals surface area contributed by atoms with Crippen LogP contribution in [-0.4, -0.2) is 51.8 Å². The van der Waals surface area contributed by atoms with Crippen LogP contribution in [-0.2, 0) is 13.6 Å². The first kappa shape index (κ1) is 13.8. The van der Waals surface area contributed by atoms with E-state index >= 15 is 0 Å². The molecule has 0 amide bonds. The Kier molecular flexibility index (Phi) is 3.99. The first-order chi connectivity index (χ1) is 8.40. The van der Waals surface area contributed by atoms with Gasteiger partial charge in [0.15, 0.2) is 0 Å². The molecule has 0 saturated carbocycles. The SMILES string of the molecule is Cc1nn(C)c(Cl)c1CN1CC(C)N(C)C(C)C1. The lowest BCUT2D eigenvalue weighted by atomic mass is 10.1.